The van der Waals surface area contributed by atoms with Crippen molar-refractivity contribution in [2.24, 2.45) is 0 Å². The molecular weight excluding hydrogens is 274 g/mol. The lowest BCUT2D eigenvalue weighted by molar-refractivity contribution is -0.142. The number of ketones is 1. The smallest absolute Gasteiger partial charge is 0.326 e. The molecule has 0 aliphatic rings. The number of ether oxygens (including phenoxy) is 1. The Hall–Kier alpha value is -2.21. The third kappa shape index (κ3) is 6.18. The van der Waals surface area contributed by atoms with Crippen LogP contribution in [0.2, 0.25) is 0 Å². The number of hydrogen-bond donors (Lipinski definition) is 2. The van der Waals surface area contributed by atoms with Gasteiger partial charge in [0.2, 0.25) is 5.91 Å². The fourth-order valence-corrected chi connectivity index (χ4v) is 1.76. The van der Waals surface area contributed by atoms with Crippen molar-refractivity contribution in [1.82, 2.24) is 5.32 Å². The van der Waals surface area contributed by atoms with Crippen LogP contribution in [-0.4, -0.2) is 42.5 Å². The summed E-state index contributed by atoms with van der Waals surface area (Å²) in [6.07, 6.45) is 0.196. The maximum absolute atomic E-state index is 11.8. The zero-order valence-corrected chi connectivity index (χ0v) is 11.9. The standard InChI is InChI=1S/C15H19NO5/c1-21-10-9-12(15(19)20)16-14(18)8-7-13(17)11-5-3-2-4-6-11/h2-6,12H,7-10H2,1H3,(H,16,18)(H,19,20). The molecule has 1 rings (SSSR count). The lowest BCUT2D eigenvalue weighted by Gasteiger charge is -2.13. The molecule has 0 radical (unpaired) electrons. The van der Waals surface area contributed by atoms with E-state index in [1.54, 1.807) is 30.3 Å². The number of Topliss-reactive ketones (excluding diaryl/α,β-unsaturated/α-hetero) is 1. The molecule has 1 atom stereocenters. The van der Waals surface area contributed by atoms with Crippen molar-refractivity contribution in [2.75, 3.05) is 13.7 Å². The maximum Gasteiger partial charge on any atom is 0.326 e. The molecule has 0 spiro atoms. The van der Waals surface area contributed by atoms with E-state index >= 15 is 0 Å². The van der Waals surface area contributed by atoms with Gasteiger partial charge in [0.05, 0.1) is 0 Å². The van der Waals surface area contributed by atoms with Gasteiger partial charge in [0.25, 0.3) is 0 Å². The average molecular weight is 293 g/mol. The van der Waals surface area contributed by atoms with Gasteiger partial charge in [-0.15, -0.1) is 0 Å². The Morgan fingerprint density at radius 3 is 2.43 bits per heavy atom. The molecule has 0 aliphatic carbocycles. The van der Waals surface area contributed by atoms with Gasteiger partial charge in [-0.2, -0.15) is 0 Å². The molecule has 0 heterocycles. The van der Waals surface area contributed by atoms with E-state index in [4.69, 9.17) is 9.84 Å². The zero-order chi connectivity index (χ0) is 15.7. The minimum absolute atomic E-state index is 0.0372. The van der Waals surface area contributed by atoms with E-state index in [9.17, 15) is 14.4 Å². The third-order valence-corrected chi connectivity index (χ3v) is 2.92. The Morgan fingerprint density at radius 1 is 1.19 bits per heavy atom. The molecule has 0 saturated carbocycles. The monoisotopic (exact) mass is 293 g/mol. The number of carbonyl (C=O) groups is 3. The summed E-state index contributed by atoms with van der Waals surface area (Å²) in [5, 5.41) is 11.4. The first-order chi connectivity index (χ1) is 10.0. The number of carboxylic acid groups (broad SMARTS) is 1. The summed E-state index contributed by atoms with van der Waals surface area (Å²) in [5.74, 6) is -1.72. The summed E-state index contributed by atoms with van der Waals surface area (Å²) in [6, 6.07) is 7.66. The van der Waals surface area contributed by atoms with E-state index in [-0.39, 0.29) is 31.7 Å². The van der Waals surface area contributed by atoms with Crippen LogP contribution >= 0.6 is 0 Å². The van der Waals surface area contributed by atoms with Crippen molar-refractivity contribution in [1.29, 1.82) is 0 Å². The SMILES string of the molecule is COCCC(NC(=O)CCC(=O)c1ccccc1)C(=O)O. The van der Waals surface area contributed by atoms with Crippen LogP contribution in [0.4, 0.5) is 0 Å². The Balaban J connectivity index is 2.42. The van der Waals surface area contributed by atoms with Gasteiger partial charge >= 0.3 is 5.97 Å². The van der Waals surface area contributed by atoms with Crippen LogP contribution in [0.5, 0.6) is 0 Å². The Bertz CT molecular complexity index is 486. The van der Waals surface area contributed by atoms with E-state index in [0.29, 0.717) is 5.56 Å². The van der Waals surface area contributed by atoms with Crippen molar-refractivity contribution in [3.05, 3.63) is 35.9 Å². The molecule has 0 aromatic heterocycles. The lowest BCUT2D eigenvalue weighted by Crippen LogP contribution is -2.41. The predicted octanol–water partition coefficient (Wildman–Crippen LogP) is 1.26. The average Bonchev–Trinajstić information content (AvgIpc) is 2.49. The molecule has 6 nitrogen and oxygen atoms in total. The number of amides is 1. The number of nitrogens with one attached hydrogen (secondary N) is 1. The van der Waals surface area contributed by atoms with E-state index in [0.717, 1.165) is 0 Å². The summed E-state index contributed by atoms with van der Waals surface area (Å²) >= 11 is 0. The van der Waals surface area contributed by atoms with Gasteiger partial charge in [-0.1, -0.05) is 30.3 Å². The maximum atomic E-state index is 11.8. The quantitative estimate of drug-likeness (QED) is 0.669. The van der Waals surface area contributed by atoms with Crippen LogP contribution in [0.15, 0.2) is 30.3 Å². The van der Waals surface area contributed by atoms with Gasteiger partial charge in [0, 0.05) is 38.5 Å². The van der Waals surface area contributed by atoms with Crippen molar-refractivity contribution in [3.8, 4) is 0 Å². The van der Waals surface area contributed by atoms with E-state index in [2.05, 4.69) is 5.32 Å². The number of carbonyl (C=O) groups excluding carboxylic acids is 2. The Labute approximate surface area is 123 Å². The summed E-state index contributed by atoms with van der Waals surface area (Å²) in [5.41, 5.74) is 0.541. The molecule has 114 valence electrons. The van der Waals surface area contributed by atoms with E-state index in [1.165, 1.54) is 7.11 Å². The zero-order valence-electron chi connectivity index (χ0n) is 11.9. The van der Waals surface area contributed by atoms with Gasteiger partial charge in [0.1, 0.15) is 6.04 Å². The fraction of sp³-hybridized carbons (Fsp3) is 0.400. The Kier molecular flexibility index (Phi) is 7.11. The van der Waals surface area contributed by atoms with Crippen LogP contribution in [0.1, 0.15) is 29.6 Å². The molecule has 2 N–H and O–H groups in total. The molecule has 1 aromatic carbocycles. The molecule has 0 bridgehead atoms. The molecule has 1 unspecified atom stereocenters. The number of methoxy groups -OCH3 is 1. The summed E-state index contributed by atoms with van der Waals surface area (Å²) in [7, 11) is 1.46. The van der Waals surface area contributed by atoms with Gasteiger partial charge in [-0.3, -0.25) is 9.59 Å². The summed E-state index contributed by atoms with van der Waals surface area (Å²) in [6.45, 7) is 0.236. The molecule has 0 aliphatic heterocycles. The summed E-state index contributed by atoms with van der Waals surface area (Å²) in [4.78, 5) is 34.5. The molecule has 21 heavy (non-hydrogen) atoms. The number of hydrogen-bond acceptors (Lipinski definition) is 4. The van der Waals surface area contributed by atoms with Crippen molar-refractivity contribution >= 4 is 17.7 Å². The van der Waals surface area contributed by atoms with Crippen molar-refractivity contribution in [3.63, 3.8) is 0 Å². The second-order valence-electron chi connectivity index (χ2n) is 4.53. The predicted molar refractivity (Wildman–Crippen MR) is 76.1 cm³/mol. The van der Waals surface area contributed by atoms with Crippen LogP contribution in [0.25, 0.3) is 0 Å². The second-order valence-corrected chi connectivity index (χ2v) is 4.53. The highest BCUT2D eigenvalue weighted by Crippen LogP contribution is 2.05. The number of aliphatic carboxylic acids is 1. The molecule has 1 amide bonds. The molecule has 0 fully saturated rings. The topological polar surface area (TPSA) is 92.7 Å². The third-order valence-electron chi connectivity index (χ3n) is 2.92. The lowest BCUT2D eigenvalue weighted by atomic mass is 10.1. The van der Waals surface area contributed by atoms with Gasteiger partial charge in [-0.05, 0) is 0 Å². The van der Waals surface area contributed by atoms with E-state index < -0.39 is 17.9 Å². The number of benzene rings is 1. The Morgan fingerprint density at radius 2 is 1.86 bits per heavy atom. The first-order valence-corrected chi connectivity index (χ1v) is 6.64. The largest absolute Gasteiger partial charge is 0.480 e. The van der Waals surface area contributed by atoms with Gasteiger partial charge in [-0.25, -0.2) is 4.79 Å². The first-order valence-electron chi connectivity index (χ1n) is 6.64. The summed E-state index contributed by atoms with van der Waals surface area (Å²) < 4.78 is 4.79. The van der Waals surface area contributed by atoms with Gasteiger partial charge in [0.15, 0.2) is 5.78 Å². The highest BCUT2D eigenvalue weighted by Gasteiger charge is 2.19. The second kappa shape index (κ2) is 8.86. The minimum atomic E-state index is -1.12. The van der Waals surface area contributed by atoms with E-state index in [1.807, 2.05) is 0 Å². The molecule has 6 heteroatoms. The van der Waals surface area contributed by atoms with Gasteiger partial charge < -0.3 is 15.2 Å². The first kappa shape index (κ1) is 16.8. The van der Waals surface area contributed by atoms with Crippen molar-refractivity contribution in [2.45, 2.75) is 25.3 Å². The van der Waals surface area contributed by atoms with Crippen LogP contribution in [-0.2, 0) is 14.3 Å². The molecular formula is C15H19NO5. The van der Waals surface area contributed by atoms with Crippen molar-refractivity contribution < 1.29 is 24.2 Å². The molecule has 1 aromatic rings. The van der Waals surface area contributed by atoms with Crippen LogP contribution < -0.4 is 5.32 Å². The minimum Gasteiger partial charge on any atom is -0.480 e. The number of carboxylic acids is 1. The number of rotatable bonds is 9. The fourth-order valence-electron chi connectivity index (χ4n) is 1.76. The van der Waals surface area contributed by atoms with Crippen LogP contribution in [0.3, 0.4) is 0 Å². The van der Waals surface area contributed by atoms with Crippen LogP contribution in [0, 0.1) is 0 Å². The highest BCUT2D eigenvalue weighted by atomic mass is 16.5. The normalized spacial score (nSPS) is 11.7. The highest BCUT2D eigenvalue weighted by molar-refractivity contribution is 5.98. The molecule has 0 saturated heterocycles.